The Morgan fingerprint density at radius 2 is 2.05 bits per heavy atom. The molecule has 0 radical (unpaired) electrons. The molecule has 1 fully saturated rings. The minimum absolute atomic E-state index is 0.231. The molecule has 1 saturated carbocycles. The molecule has 1 aliphatic carbocycles. The third-order valence-corrected chi connectivity index (χ3v) is 5.67. The Morgan fingerprint density at radius 3 is 2.71 bits per heavy atom. The molecule has 1 aliphatic rings. The third-order valence-electron chi connectivity index (χ3n) is 4.56. The van der Waals surface area contributed by atoms with Gasteiger partial charge in [0, 0.05) is 17.0 Å². The summed E-state index contributed by atoms with van der Waals surface area (Å²) in [6, 6.07) is 2.13. The minimum Gasteiger partial charge on any atom is -0.368 e. The second kappa shape index (κ2) is 5.71. The average Bonchev–Trinajstić information content (AvgIpc) is 3.02. The molecule has 0 aliphatic heterocycles. The number of halogens is 1. The van der Waals surface area contributed by atoms with Crippen molar-refractivity contribution in [1.82, 2.24) is 14.9 Å². The molecule has 0 amide bonds. The van der Waals surface area contributed by atoms with Gasteiger partial charge in [-0.25, -0.2) is 9.97 Å². The molecule has 2 heterocycles. The fourth-order valence-electron chi connectivity index (χ4n) is 3.21. The van der Waals surface area contributed by atoms with Gasteiger partial charge in [-0.2, -0.15) is 0 Å². The van der Waals surface area contributed by atoms with Gasteiger partial charge in [-0.3, -0.25) is 0 Å². The zero-order valence-electron chi connectivity index (χ0n) is 12.7. The topological polar surface area (TPSA) is 41.0 Å². The summed E-state index contributed by atoms with van der Waals surface area (Å²) in [5.41, 5.74) is 0.231. The fourth-order valence-corrected chi connectivity index (χ4v) is 4.31. The van der Waals surface area contributed by atoms with E-state index in [0.29, 0.717) is 5.28 Å². The Bertz CT molecular complexity index is 646. The van der Waals surface area contributed by atoms with Crippen LogP contribution in [0.25, 0.3) is 10.2 Å². The fraction of sp³-hybridized carbons (Fsp3) is 0.600. The van der Waals surface area contributed by atoms with Gasteiger partial charge in [-0.15, -0.1) is 11.3 Å². The number of thiophene rings is 1. The zero-order chi connectivity index (χ0) is 15.0. The second-order valence-electron chi connectivity index (χ2n) is 6.10. The Balaban J connectivity index is 1.87. The van der Waals surface area contributed by atoms with Gasteiger partial charge in [0.05, 0.1) is 5.39 Å². The van der Waals surface area contributed by atoms with Crippen LogP contribution < -0.4 is 5.32 Å². The number of fused-ring (bicyclic) bond motifs is 1. The number of anilines is 1. The first-order chi connectivity index (χ1) is 10.00. The number of nitrogens with zero attached hydrogens (tertiary/aromatic N) is 3. The zero-order valence-corrected chi connectivity index (χ0v) is 14.3. The van der Waals surface area contributed by atoms with Crippen molar-refractivity contribution >= 4 is 39.0 Å². The number of rotatable bonds is 4. The number of nitrogens with one attached hydrogen (secondary N) is 1. The third kappa shape index (κ3) is 2.87. The van der Waals surface area contributed by atoms with Gasteiger partial charge in [0.15, 0.2) is 0 Å². The highest BCUT2D eigenvalue weighted by Crippen LogP contribution is 2.35. The molecule has 114 valence electrons. The molecule has 4 nitrogen and oxygen atoms in total. The van der Waals surface area contributed by atoms with Crippen molar-refractivity contribution in [3.63, 3.8) is 0 Å². The van der Waals surface area contributed by atoms with Crippen LogP contribution in [-0.2, 0) is 0 Å². The number of hydrogen-bond acceptors (Lipinski definition) is 5. The summed E-state index contributed by atoms with van der Waals surface area (Å²) < 4.78 is 0. The average molecular weight is 325 g/mol. The van der Waals surface area contributed by atoms with Crippen LogP contribution >= 0.6 is 22.9 Å². The molecular formula is C15H21ClN4S. The number of aryl methyl sites for hydroxylation is 1. The summed E-state index contributed by atoms with van der Waals surface area (Å²) in [5, 5.41) is 4.93. The molecule has 1 N–H and O–H groups in total. The predicted molar refractivity (Wildman–Crippen MR) is 90.5 cm³/mol. The Kier molecular flexibility index (Phi) is 4.08. The number of likely N-dealkylation sites (N-methyl/N-ethyl adjacent to an activating group) is 1. The summed E-state index contributed by atoms with van der Waals surface area (Å²) in [5.74, 6) is 0.863. The first-order valence-electron chi connectivity index (χ1n) is 7.35. The van der Waals surface area contributed by atoms with Gasteiger partial charge in [0.25, 0.3) is 0 Å². The number of hydrogen-bond donors (Lipinski definition) is 1. The van der Waals surface area contributed by atoms with Crippen LogP contribution in [0, 0.1) is 6.92 Å². The molecule has 21 heavy (non-hydrogen) atoms. The van der Waals surface area contributed by atoms with E-state index in [1.807, 2.05) is 0 Å². The van der Waals surface area contributed by atoms with E-state index in [0.717, 1.165) is 22.6 Å². The lowest BCUT2D eigenvalue weighted by atomic mass is 9.96. The van der Waals surface area contributed by atoms with Crippen molar-refractivity contribution in [3.05, 3.63) is 16.2 Å². The molecular weight excluding hydrogens is 304 g/mol. The standard InChI is InChI=1S/C15H21ClN4S/c1-10-8-11-12(18-14(16)19-13(11)21-10)17-9-15(20(2)3)6-4-5-7-15/h8H,4-7,9H2,1-3H3,(H,17,18,19). The second-order valence-corrected chi connectivity index (χ2v) is 7.67. The summed E-state index contributed by atoms with van der Waals surface area (Å²) in [7, 11) is 4.34. The molecule has 0 unspecified atom stereocenters. The van der Waals surface area contributed by atoms with Crippen LogP contribution in [0.2, 0.25) is 5.28 Å². The van der Waals surface area contributed by atoms with Gasteiger partial charge in [0.1, 0.15) is 10.6 Å². The van der Waals surface area contributed by atoms with E-state index >= 15 is 0 Å². The van der Waals surface area contributed by atoms with Crippen LogP contribution in [0.3, 0.4) is 0 Å². The molecule has 0 bridgehead atoms. The summed E-state index contributed by atoms with van der Waals surface area (Å²) in [4.78, 5) is 13.3. The van der Waals surface area contributed by atoms with E-state index in [9.17, 15) is 0 Å². The maximum absolute atomic E-state index is 6.06. The SMILES string of the molecule is Cc1cc2c(NCC3(N(C)C)CCCC3)nc(Cl)nc2s1. The van der Waals surface area contributed by atoms with Gasteiger partial charge >= 0.3 is 0 Å². The molecule has 3 rings (SSSR count). The van der Waals surface area contributed by atoms with Crippen LogP contribution in [-0.4, -0.2) is 41.0 Å². The predicted octanol–water partition coefficient (Wildman–Crippen LogP) is 3.94. The Hall–Kier alpha value is -0.910. The highest BCUT2D eigenvalue weighted by molar-refractivity contribution is 7.18. The Labute approximate surface area is 134 Å². The van der Waals surface area contributed by atoms with Crippen molar-refractivity contribution in [2.75, 3.05) is 26.0 Å². The van der Waals surface area contributed by atoms with Gasteiger partial charge < -0.3 is 10.2 Å². The van der Waals surface area contributed by atoms with E-state index < -0.39 is 0 Å². The molecule has 0 aromatic carbocycles. The van der Waals surface area contributed by atoms with Crippen molar-refractivity contribution in [1.29, 1.82) is 0 Å². The van der Waals surface area contributed by atoms with Crippen molar-refractivity contribution in [2.24, 2.45) is 0 Å². The summed E-state index contributed by atoms with van der Waals surface area (Å²) in [6.07, 6.45) is 5.07. The molecule has 0 atom stereocenters. The first kappa shape index (κ1) is 15.0. The summed E-state index contributed by atoms with van der Waals surface area (Å²) >= 11 is 7.72. The minimum atomic E-state index is 0.231. The molecule has 2 aromatic rings. The van der Waals surface area contributed by atoms with Crippen LogP contribution in [0.1, 0.15) is 30.6 Å². The smallest absolute Gasteiger partial charge is 0.225 e. The van der Waals surface area contributed by atoms with E-state index in [4.69, 9.17) is 11.6 Å². The Morgan fingerprint density at radius 1 is 1.33 bits per heavy atom. The molecule has 0 spiro atoms. The quantitative estimate of drug-likeness (QED) is 0.865. The van der Waals surface area contributed by atoms with E-state index in [1.54, 1.807) is 11.3 Å². The van der Waals surface area contributed by atoms with E-state index in [1.165, 1.54) is 30.6 Å². The monoisotopic (exact) mass is 324 g/mol. The van der Waals surface area contributed by atoms with Crippen LogP contribution in [0.15, 0.2) is 6.07 Å². The highest BCUT2D eigenvalue weighted by atomic mass is 35.5. The number of aromatic nitrogens is 2. The lowest BCUT2D eigenvalue weighted by Gasteiger charge is -2.36. The van der Waals surface area contributed by atoms with Gasteiger partial charge in [0.2, 0.25) is 5.28 Å². The van der Waals surface area contributed by atoms with Crippen molar-refractivity contribution in [2.45, 2.75) is 38.1 Å². The largest absolute Gasteiger partial charge is 0.368 e. The van der Waals surface area contributed by atoms with Gasteiger partial charge in [-0.05, 0) is 51.5 Å². The molecule has 0 saturated heterocycles. The molecule has 2 aromatic heterocycles. The maximum atomic E-state index is 6.06. The van der Waals surface area contributed by atoms with Crippen molar-refractivity contribution < 1.29 is 0 Å². The van der Waals surface area contributed by atoms with Crippen molar-refractivity contribution in [3.8, 4) is 0 Å². The van der Waals surface area contributed by atoms with Crippen LogP contribution in [0.5, 0.6) is 0 Å². The lowest BCUT2D eigenvalue weighted by molar-refractivity contribution is 0.172. The van der Waals surface area contributed by atoms with E-state index in [-0.39, 0.29) is 5.54 Å². The van der Waals surface area contributed by atoms with Gasteiger partial charge in [-0.1, -0.05) is 12.8 Å². The highest BCUT2D eigenvalue weighted by Gasteiger charge is 2.35. The maximum Gasteiger partial charge on any atom is 0.225 e. The first-order valence-corrected chi connectivity index (χ1v) is 8.55. The lowest BCUT2D eigenvalue weighted by Crippen LogP contribution is -2.47. The van der Waals surface area contributed by atoms with E-state index in [2.05, 4.69) is 47.3 Å². The molecule has 6 heteroatoms. The normalized spacial score (nSPS) is 17.8. The summed E-state index contributed by atoms with van der Waals surface area (Å²) in [6.45, 7) is 2.99. The van der Waals surface area contributed by atoms with Crippen LogP contribution in [0.4, 0.5) is 5.82 Å².